The number of rotatable bonds is 8. The zero-order valence-electron chi connectivity index (χ0n) is 49.8. The van der Waals surface area contributed by atoms with E-state index in [1.54, 1.807) is 63.3 Å². The molecule has 0 unspecified atom stereocenters. The first-order chi connectivity index (χ1) is 41.1. The van der Waals surface area contributed by atoms with E-state index in [0.29, 0.717) is 0 Å². The van der Waals surface area contributed by atoms with E-state index in [0.717, 1.165) is 28.3 Å². The van der Waals surface area contributed by atoms with Crippen molar-refractivity contribution in [1.29, 1.82) is 0 Å². The Morgan fingerprint density at radius 3 is 1.85 bits per heavy atom. The number of methoxy groups -OCH3 is 2. The minimum absolute atomic E-state index is 0.0309. The van der Waals surface area contributed by atoms with Gasteiger partial charge in [0.15, 0.2) is 12.1 Å². The van der Waals surface area contributed by atoms with Crippen LogP contribution in [0.1, 0.15) is 96.1 Å². The molecule has 19 atom stereocenters. The van der Waals surface area contributed by atoms with Gasteiger partial charge in [0.25, 0.3) is 0 Å². The van der Waals surface area contributed by atoms with Gasteiger partial charge in [0.1, 0.15) is 24.9 Å². The number of alkyl carbamates (subject to hydrolysis) is 1. The number of allylic oxidation sites excluding steroid dienone is 12. The molecule has 0 spiro atoms. The highest BCUT2D eigenvalue weighted by Gasteiger charge is 2.50. The highest BCUT2D eigenvalue weighted by atomic mass is 16.7. The van der Waals surface area contributed by atoms with Gasteiger partial charge >= 0.3 is 18.0 Å². The largest absolute Gasteiger partial charge is 0.466 e. The molecule has 86 heavy (non-hydrogen) atoms. The Morgan fingerprint density at radius 2 is 1.24 bits per heavy atom. The van der Waals surface area contributed by atoms with Gasteiger partial charge in [-0.05, 0) is 55.4 Å². The molecular formula is C66H89NO19. The summed E-state index contributed by atoms with van der Waals surface area (Å²) in [5.74, 6) is -5.15. The fourth-order valence-electron chi connectivity index (χ4n) is 11.3. The third-order valence-corrected chi connectivity index (χ3v) is 16.4. The van der Waals surface area contributed by atoms with Crippen molar-refractivity contribution >= 4 is 18.0 Å². The molecule has 1 amide bonds. The topological polar surface area (TPSA) is 310 Å². The summed E-state index contributed by atoms with van der Waals surface area (Å²) in [6, 6.07) is 14.4. The molecule has 2 saturated heterocycles. The minimum Gasteiger partial charge on any atom is -0.466 e. The minimum atomic E-state index is -1.74. The van der Waals surface area contributed by atoms with Crippen LogP contribution in [0.4, 0.5) is 4.79 Å². The molecule has 2 fully saturated rings. The normalized spacial score (nSPS) is 37.7. The second-order valence-corrected chi connectivity index (χ2v) is 22.8. The molecule has 3 aliphatic heterocycles. The highest BCUT2D eigenvalue weighted by Crippen LogP contribution is 2.45. The van der Waals surface area contributed by atoms with Crippen LogP contribution in [0.25, 0.3) is 11.1 Å². The molecule has 20 heteroatoms. The lowest BCUT2D eigenvalue weighted by atomic mass is 9.82. The predicted octanol–water partition coefficient (Wildman–Crippen LogP) is 5.59. The SMILES string of the molecule is COC(=O)/C=C/[C@H]1[C@@H]2C[C@@H](O[C@@H]3O[C@H](C)[C@@H](O)[C@H](NC(=O)OCC4c5ccccc5-c5ccccc54)[C@@H]3O)/C=C/C=C/C=C/C=C/C=C/C=C/C=C/[C@H](C)[C@@H](O)[C@@H](C)[C@H](C)OC(=O)C[C@H](O)C[C@H](O)CC[C@@H](O)[C@H](O)C[C@H](O)C[C@](OC)(C[C@@H]1O)O2. The molecule has 3 heterocycles. The summed E-state index contributed by atoms with van der Waals surface area (Å²) >= 11 is 0. The standard InChI is InChI=1S/C66H89NO19/c1-40-23-17-15-13-11-9-7-8-10-12-14-16-18-24-47(85-64-63(78)60(62(77)43(4)84-64)67-65(79)82-39-53-50-27-21-19-25-48(50)49-26-20-22-28-51(49)53)36-57-52(30-32-58(74)80-5)56(73)38-66(81-6,86-57)37-46(70)34-55(72)54(71)31-29-44(68)33-45(69)35-59(75)83-42(3)41(2)61(40)76/h7-28,30,32,40-47,52-57,60-64,68-73,76-78H,29,31,33-39H2,1-6H3,(H,67,79)/b8-7+,11-9+,12-10+,15-13+,16-14+,23-17+,24-18+,32-30+/t40-,41-,42-,43+,44+,45+,46-,47-,52+,54+,55+,56-,57-,60-,61+,62+,63-,64-,66+/m0/s1. The highest BCUT2D eigenvalue weighted by molar-refractivity contribution is 5.82. The number of hydrogen-bond acceptors (Lipinski definition) is 19. The number of esters is 2. The number of cyclic esters (lactones) is 1. The van der Waals surface area contributed by atoms with Gasteiger partial charge in [0.2, 0.25) is 0 Å². The third-order valence-electron chi connectivity index (χ3n) is 16.4. The molecule has 6 rings (SSSR count). The number of aliphatic hydroxyl groups is 9. The van der Waals surface area contributed by atoms with E-state index in [-0.39, 0.29) is 57.0 Å². The first kappa shape index (κ1) is 69.2. The van der Waals surface area contributed by atoms with E-state index in [1.165, 1.54) is 20.3 Å². The van der Waals surface area contributed by atoms with E-state index < -0.39 is 140 Å². The van der Waals surface area contributed by atoms with Crippen LogP contribution in [-0.2, 0) is 42.7 Å². The average Bonchev–Trinajstić information content (AvgIpc) is 1.61. The molecule has 2 bridgehead atoms. The summed E-state index contributed by atoms with van der Waals surface area (Å²) in [5.41, 5.74) is 4.06. The maximum atomic E-state index is 13.6. The predicted molar refractivity (Wildman–Crippen MR) is 319 cm³/mol. The summed E-state index contributed by atoms with van der Waals surface area (Å²) < 4.78 is 41.4. The molecular weight excluding hydrogens is 1110 g/mol. The van der Waals surface area contributed by atoms with E-state index in [1.807, 2.05) is 98.0 Å². The lowest BCUT2D eigenvalue weighted by molar-refractivity contribution is -0.315. The van der Waals surface area contributed by atoms with Crippen molar-refractivity contribution in [2.75, 3.05) is 20.8 Å². The van der Waals surface area contributed by atoms with E-state index in [4.69, 9.17) is 33.2 Å². The maximum Gasteiger partial charge on any atom is 0.407 e. The lowest BCUT2D eigenvalue weighted by Gasteiger charge is -2.47. The molecule has 20 nitrogen and oxygen atoms in total. The quantitative estimate of drug-likeness (QED) is 0.0875. The van der Waals surface area contributed by atoms with Gasteiger partial charge in [-0.15, -0.1) is 0 Å². The first-order valence-corrected chi connectivity index (χ1v) is 29.6. The average molecular weight is 1200 g/mol. The zero-order valence-corrected chi connectivity index (χ0v) is 49.8. The fraction of sp³-hybridized carbons (Fsp3) is 0.530. The van der Waals surface area contributed by atoms with Crippen LogP contribution in [0.15, 0.2) is 146 Å². The van der Waals surface area contributed by atoms with Gasteiger partial charge < -0.3 is 84.4 Å². The number of benzene rings is 2. The summed E-state index contributed by atoms with van der Waals surface area (Å²) in [6.07, 6.45) is 7.04. The first-order valence-electron chi connectivity index (χ1n) is 29.6. The van der Waals surface area contributed by atoms with Gasteiger partial charge in [-0.2, -0.15) is 0 Å². The number of amides is 1. The van der Waals surface area contributed by atoms with Gasteiger partial charge in [-0.25, -0.2) is 9.59 Å². The smallest absolute Gasteiger partial charge is 0.407 e. The van der Waals surface area contributed by atoms with Gasteiger partial charge in [0.05, 0.1) is 80.6 Å². The molecule has 0 aromatic heterocycles. The Morgan fingerprint density at radius 1 is 0.651 bits per heavy atom. The summed E-state index contributed by atoms with van der Waals surface area (Å²) in [4.78, 5) is 38.9. The molecule has 2 aromatic carbocycles. The van der Waals surface area contributed by atoms with Crippen LogP contribution in [0.3, 0.4) is 0 Å². The zero-order chi connectivity index (χ0) is 62.5. The monoisotopic (exact) mass is 1200 g/mol. The van der Waals surface area contributed by atoms with Crippen molar-refractivity contribution in [2.45, 2.75) is 182 Å². The number of fused-ring (bicyclic) bond motifs is 5. The number of carbonyl (C=O) groups excluding carboxylic acids is 3. The molecule has 1 aliphatic carbocycles. The summed E-state index contributed by atoms with van der Waals surface area (Å²) in [6.45, 7) is 6.77. The second kappa shape index (κ2) is 34.0. The fourth-order valence-corrected chi connectivity index (χ4v) is 11.3. The number of ether oxygens (including phenoxy) is 7. The van der Waals surface area contributed by atoms with Crippen LogP contribution in [0.5, 0.6) is 0 Å². The van der Waals surface area contributed by atoms with Gasteiger partial charge in [-0.1, -0.05) is 154 Å². The molecule has 0 saturated carbocycles. The van der Waals surface area contributed by atoms with Crippen molar-refractivity contribution in [3.05, 3.63) is 157 Å². The van der Waals surface area contributed by atoms with Crippen LogP contribution in [0.2, 0.25) is 0 Å². The Labute approximate surface area is 504 Å². The third kappa shape index (κ3) is 20.0. The molecule has 472 valence electrons. The van der Waals surface area contributed by atoms with Crippen molar-refractivity contribution in [3.8, 4) is 11.1 Å². The van der Waals surface area contributed by atoms with E-state index >= 15 is 0 Å². The number of aliphatic hydroxyl groups excluding tert-OH is 9. The Kier molecular flexibility index (Phi) is 27.3. The van der Waals surface area contributed by atoms with Gasteiger partial charge in [-0.3, -0.25) is 4.79 Å². The molecule has 10 N–H and O–H groups in total. The van der Waals surface area contributed by atoms with E-state index in [2.05, 4.69) is 5.32 Å². The van der Waals surface area contributed by atoms with Crippen LogP contribution >= 0.6 is 0 Å². The molecule has 0 radical (unpaired) electrons. The Bertz CT molecular complexity index is 2680. The van der Waals surface area contributed by atoms with Crippen molar-refractivity contribution in [3.63, 3.8) is 0 Å². The molecule has 4 aliphatic rings. The van der Waals surface area contributed by atoms with Crippen molar-refractivity contribution < 1.29 is 93.5 Å². The van der Waals surface area contributed by atoms with E-state index in [9.17, 15) is 60.3 Å². The number of carbonyl (C=O) groups is 3. The van der Waals surface area contributed by atoms with Crippen molar-refractivity contribution in [2.24, 2.45) is 17.8 Å². The van der Waals surface area contributed by atoms with Gasteiger partial charge in [0, 0.05) is 62.5 Å². The number of hydrogen-bond donors (Lipinski definition) is 10. The number of nitrogens with one attached hydrogen (secondary N) is 1. The van der Waals surface area contributed by atoms with Crippen LogP contribution < -0.4 is 5.32 Å². The lowest BCUT2D eigenvalue weighted by Crippen LogP contribution is -2.64. The summed E-state index contributed by atoms with van der Waals surface area (Å²) in [7, 11) is 2.50. The van der Waals surface area contributed by atoms with Crippen LogP contribution in [0, 0.1) is 17.8 Å². The summed E-state index contributed by atoms with van der Waals surface area (Å²) in [5, 5.41) is 104. The Balaban J connectivity index is 1.24. The van der Waals surface area contributed by atoms with Crippen molar-refractivity contribution in [1.82, 2.24) is 5.32 Å². The Hall–Kier alpha value is -5.95. The van der Waals surface area contributed by atoms with Crippen LogP contribution in [-0.4, -0.2) is 182 Å². The second-order valence-electron chi connectivity index (χ2n) is 22.8. The maximum absolute atomic E-state index is 13.6. The molecule has 2 aromatic rings.